The van der Waals surface area contributed by atoms with E-state index in [9.17, 15) is 0 Å². The first-order chi connectivity index (χ1) is 7.13. The molecule has 0 aromatic heterocycles. The van der Waals surface area contributed by atoms with Crippen LogP contribution in [0.5, 0.6) is 0 Å². The van der Waals surface area contributed by atoms with Gasteiger partial charge in [-0.1, -0.05) is 50.1 Å². The van der Waals surface area contributed by atoms with Crippen LogP contribution >= 0.6 is 49.7 Å². The zero-order valence-corrected chi connectivity index (χ0v) is 12.3. The van der Waals surface area contributed by atoms with Crippen molar-refractivity contribution in [3.8, 4) is 0 Å². The Morgan fingerprint density at radius 1 is 0.867 bits per heavy atom. The summed E-state index contributed by atoms with van der Waals surface area (Å²) in [4.78, 5) is 0. The van der Waals surface area contributed by atoms with E-state index in [4.69, 9.17) is 24.4 Å². The molecule has 0 fully saturated rings. The average molecular weight is 282 g/mol. The Balaban J connectivity index is 2.99. The maximum atomic E-state index is 4.89. The molecule has 0 unspecified atom stereocenters. The lowest BCUT2D eigenvalue weighted by molar-refractivity contribution is 0.598. The minimum atomic E-state index is 0.595. The molecule has 1 nitrogen and oxygen atoms in total. The van der Waals surface area contributed by atoms with Gasteiger partial charge in [-0.3, -0.25) is 0 Å². The first-order valence-corrected chi connectivity index (χ1v) is 7.02. The Kier molecular flexibility index (Phi) is 11.7. The number of thiol groups is 2. The van der Waals surface area contributed by atoms with Crippen molar-refractivity contribution in [1.82, 2.24) is 5.32 Å². The second-order valence-corrected chi connectivity index (χ2v) is 5.99. The normalized spacial score (nSPS) is 10.0. The van der Waals surface area contributed by atoms with Gasteiger partial charge in [0.15, 0.2) is 0 Å². The molecule has 0 aliphatic rings. The van der Waals surface area contributed by atoms with E-state index in [0.717, 1.165) is 17.2 Å². The van der Waals surface area contributed by atoms with E-state index in [1.54, 1.807) is 0 Å². The largest absolute Gasteiger partial charge is 0.371 e. The van der Waals surface area contributed by atoms with Crippen molar-refractivity contribution in [1.29, 1.82) is 0 Å². The van der Waals surface area contributed by atoms with E-state index in [-0.39, 0.29) is 0 Å². The maximum absolute atomic E-state index is 4.89. The maximum Gasteiger partial charge on any atom is 0.130 e. The van der Waals surface area contributed by atoms with Crippen molar-refractivity contribution >= 4 is 58.2 Å². The molecule has 0 aliphatic heterocycles. The SMILES string of the molecule is S=C(S)CCCCCCCCNC(=S)S. The molecule has 0 saturated carbocycles. The lowest BCUT2D eigenvalue weighted by atomic mass is 10.1. The van der Waals surface area contributed by atoms with Gasteiger partial charge in [0.1, 0.15) is 4.32 Å². The second kappa shape index (κ2) is 11.2. The fourth-order valence-electron chi connectivity index (χ4n) is 1.30. The van der Waals surface area contributed by atoms with Crippen LogP contribution in [-0.4, -0.2) is 15.1 Å². The van der Waals surface area contributed by atoms with Crippen molar-refractivity contribution in [2.24, 2.45) is 0 Å². The Labute approximate surface area is 115 Å². The third-order valence-corrected chi connectivity index (χ3v) is 2.82. The highest BCUT2D eigenvalue weighted by atomic mass is 32.1. The smallest absolute Gasteiger partial charge is 0.130 e. The topological polar surface area (TPSA) is 12.0 Å². The van der Waals surface area contributed by atoms with Gasteiger partial charge in [-0.05, 0) is 19.3 Å². The van der Waals surface area contributed by atoms with Crippen LogP contribution in [-0.2, 0) is 0 Å². The van der Waals surface area contributed by atoms with Gasteiger partial charge in [0.05, 0.1) is 0 Å². The van der Waals surface area contributed by atoms with Gasteiger partial charge in [0.25, 0.3) is 0 Å². The van der Waals surface area contributed by atoms with Crippen LogP contribution in [0.25, 0.3) is 0 Å². The van der Waals surface area contributed by atoms with Crippen LogP contribution in [0.1, 0.15) is 44.9 Å². The van der Waals surface area contributed by atoms with E-state index < -0.39 is 0 Å². The molecule has 0 aromatic carbocycles. The van der Waals surface area contributed by atoms with Crippen LogP contribution in [0.4, 0.5) is 0 Å². The molecule has 0 saturated heterocycles. The van der Waals surface area contributed by atoms with Crippen LogP contribution in [0, 0.1) is 0 Å². The number of hydrogen-bond acceptors (Lipinski definition) is 2. The Morgan fingerprint density at radius 2 is 1.40 bits per heavy atom. The van der Waals surface area contributed by atoms with Gasteiger partial charge >= 0.3 is 0 Å². The summed E-state index contributed by atoms with van der Waals surface area (Å²) in [6, 6.07) is 0. The van der Waals surface area contributed by atoms with Crippen LogP contribution in [0.3, 0.4) is 0 Å². The summed E-state index contributed by atoms with van der Waals surface area (Å²) in [7, 11) is 0. The molecular weight excluding hydrogens is 262 g/mol. The molecule has 0 heterocycles. The molecule has 0 rings (SSSR count). The molecule has 0 atom stereocenters. The fourth-order valence-corrected chi connectivity index (χ4v) is 1.82. The van der Waals surface area contributed by atoms with Crippen molar-refractivity contribution in [2.75, 3.05) is 6.54 Å². The summed E-state index contributed by atoms with van der Waals surface area (Å²) in [5.74, 6) is 0. The monoisotopic (exact) mass is 281 g/mol. The average Bonchev–Trinajstić information content (AvgIpc) is 2.14. The predicted octanol–water partition coefficient (Wildman–Crippen LogP) is 3.78. The highest BCUT2D eigenvalue weighted by Crippen LogP contribution is 2.08. The van der Waals surface area contributed by atoms with Gasteiger partial charge in [-0.15, -0.1) is 25.3 Å². The third-order valence-electron chi connectivity index (χ3n) is 2.09. The zero-order chi connectivity index (χ0) is 11.5. The summed E-state index contributed by atoms with van der Waals surface area (Å²) in [5.41, 5.74) is 0. The van der Waals surface area contributed by atoms with Gasteiger partial charge in [0.2, 0.25) is 0 Å². The molecule has 0 amide bonds. The van der Waals surface area contributed by atoms with E-state index in [1.165, 1.54) is 38.5 Å². The number of thiocarbonyl (C=S) groups is 2. The molecule has 15 heavy (non-hydrogen) atoms. The summed E-state index contributed by atoms with van der Waals surface area (Å²) in [6.07, 6.45) is 8.44. The number of hydrogen-bond donors (Lipinski definition) is 3. The van der Waals surface area contributed by atoms with Gasteiger partial charge < -0.3 is 5.32 Å². The summed E-state index contributed by atoms with van der Waals surface area (Å²) in [5, 5.41) is 3.03. The van der Waals surface area contributed by atoms with E-state index in [1.807, 2.05) is 0 Å². The Morgan fingerprint density at radius 3 is 1.93 bits per heavy atom. The molecule has 0 bridgehead atoms. The molecule has 88 valence electrons. The molecule has 0 aromatic rings. The molecule has 1 N–H and O–H groups in total. The van der Waals surface area contributed by atoms with Gasteiger partial charge in [0, 0.05) is 10.7 Å². The molecule has 0 aliphatic carbocycles. The van der Waals surface area contributed by atoms with Crippen molar-refractivity contribution in [2.45, 2.75) is 44.9 Å². The predicted molar refractivity (Wildman–Crippen MR) is 83.5 cm³/mol. The standard InChI is InChI=1S/C10H19NS4/c12-9(13)7-5-3-1-2-4-6-8-11-10(14)15/h1-8H2,(H,12,13)(H2,11,14,15). The fraction of sp³-hybridized carbons (Fsp3) is 0.800. The minimum absolute atomic E-state index is 0.595. The Bertz CT molecular complexity index is 174. The molecule has 0 radical (unpaired) electrons. The quantitative estimate of drug-likeness (QED) is 0.338. The van der Waals surface area contributed by atoms with Gasteiger partial charge in [-0.25, -0.2) is 0 Å². The van der Waals surface area contributed by atoms with Gasteiger partial charge in [-0.2, -0.15) is 0 Å². The molecule has 5 heteroatoms. The first-order valence-electron chi connectivity index (χ1n) is 5.31. The number of nitrogens with one attached hydrogen (secondary N) is 1. The van der Waals surface area contributed by atoms with E-state index in [0.29, 0.717) is 4.32 Å². The first kappa shape index (κ1) is 15.7. The highest BCUT2D eigenvalue weighted by Gasteiger charge is 1.93. The second-order valence-electron chi connectivity index (χ2n) is 3.50. The summed E-state index contributed by atoms with van der Waals surface area (Å²) >= 11 is 17.8. The summed E-state index contributed by atoms with van der Waals surface area (Å²) in [6.45, 7) is 0.947. The highest BCUT2D eigenvalue weighted by molar-refractivity contribution is 8.11. The van der Waals surface area contributed by atoms with Crippen molar-refractivity contribution in [3.63, 3.8) is 0 Å². The van der Waals surface area contributed by atoms with E-state index in [2.05, 4.69) is 30.6 Å². The lowest BCUT2D eigenvalue weighted by Gasteiger charge is -2.03. The number of rotatable bonds is 9. The van der Waals surface area contributed by atoms with E-state index >= 15 is 0 Å². The number of unbranched alkanes of at least 4 members (excludes halogenated alkanes) is 5. The molecular formula is C10H19NS4. The zero-order valence-electron chi connectivity index (χ0n) is 8.87. The third kappa shape index (κ3) is 14.7. The molecule has 0 spiro atoms. The van der Waals surface area contributed by atoms with Crippen molar-refractivity contribution < 1.29 is 0 Å². The summed E-state index contributed by atoms with van der Waals surface area (Å²) < 4.78 is 1.43. The van der Waals surface area contributed by atoms with Crippen LogP contribution < -0.4 is 5.32 Å². The Hall–Kier alpha value is 0.680. The minimum Gasteiger partial charge on any atom is -0.371 e. The lowest BCUT2D eigenvalue weighted by Crippen LogP contribution is -2.17. The van der Waals surface area contributed by atoms with Crippen LogP contribution in [0.15, 0.2) is 0 Å². The van der Waals surface area contributed by atoms with Crippen molar-refractivity contribution in [3.05, 3.63) is 0 Å². The van der Waals surface area contributed by atoms with Crippen LogP contribution in [0.2, 0.25) is 0 Å².